The molecule has 0 fully saturated rings. The van der Waals surface area contributed by atoms with Crippen LogP contribution in [0.2, 0.25) is 0 Å². The van der Waals surface area contributed by atoms with Gasteiger partial charge in [-0.15, -0.1) is 10.2 Å². The molecule has 0 aliphatic heterocycles. The smallest absolute Gasteiger partial charge is 0.283 e. The Hall–Kier alpha value is -3.16. The molecule has 0 saturated carbocycles. The second-order valence-electron chi connectivity index (χ2n) is 5.41. The van der Waals surface area contributed by atoms with E-state index in [1.165, 1.54) is 27.5 Å². The number of halogens is 1. The van der Waals surface area contributed by atoms with Gasteiger partial charge in [0.25, 0.3) is 5.56 Å². The third-order valence-corrected chi connectivity index (χ3v) is 3.95. The highest BCUT2D eigenvalue weighted by Gasteiger charge is 2.18. The molecule has 0 bridgehead atoms. The van der Waals surface area contributed by atoms with Gasteiger partial charge in [0.1, 0.15) is 12.1 Å². The van der Waals surface area contributed by atoms with Crippen LogP contribution in [0, 0.1) is 12.7 Å². The van der Waals surface area contributed by atoms with Crippen LogP contribution >= 0.6 is 0 Å². The number of benzene rings is 1. The summed E-state index contributed by atoms with van der Waals surface area (Å²) >= 11 is 0. The highest BCUT2D eigenvalue weighted by atomic mass is 19.1. The van der Waals surface area contributed by atoms with Crippen LogP contribution in [0.1, 0.15) is 12.6 Å². The summed E-state index contributed by atoms with van der Waals surface area (Å²) in [7, 11) is 0. The zero-order valence-corrected chi connectivity index (χ0v) is 13.1. The average Bonchev–Trinajstić information content (AvgIpc) is 2.92. The Morgan fingerprint density at radius 1 is 1.12 bits per heavy atom. The van der Waals surface area contributed by atoms with E-state index >= 15 is 0 Å². The van der Waals surface area contributed by atoms with Crippen molar-refractivity contribution in [1.82, 2.24) is 29.4 Å². The first-order valence-corrected chi connectivity index (χ1v) is 7.47. The summed E-state index contributed by atoms with van der Waals surface area (Å²) in [5, 5.41) is 12.7. The van der Waals surface area contributed by atoms with Crippen molar-refractivity contribution < 1.29 is 4.39 Å². The maximum Gasteiger partial charge on any atom is 0.283 e. The van der Waals surface area contributed by atoms with Crippen LogP contribution in [0.5, 0.6) is 0 Å². The molecule has 0 saturated heterocycles. The van der Waals surface area contributed by atoms with E-state index in [1.54, 1.807) is 12.1 Å². The molecular weight excluding hydrogens is 311 g/mol. The fraction of sp³-hybridized carbons (Fsp3) is 0.188. The molecule has 0 N–H and O–H groups in total. The fourth-order valence-electron chi connectivity index (χ4n) is 2.74. The number of rotatable bonds is 2. The molecule has 0 unspecified atom stereocenters. The van der Waals surface area contributed by atoms with Crippen LogP contribution in [-0.4, -0.2) is 29.4 Å². The minimum Gasteiger partial charge on any atom is -0.297 e. The lowest BCUT2D eigenvalue weighted by Crippen LogP contribution is -2.22. The van der Waals surface area contributed by atoms with Gasteiger partial charge in [-0.1, -0.05) is 12.1 Å². The van der Waals surface area contributed by atoms with Crippen molar-refractivity contribution in [1.29, 1.82) is 0 Å². The van der Waals surface area contributed by atoms with Crippen LogP contribution in [0.3, 0.4) is 0 Å². The van der Waals surface area contributed by atoms with E-state index < -0.39 is 0 Å². The summed E-state index contributed by atoms with van der Waals surface area (Å²) in [4.78, 5) is 16.6. The van der Waals surface area contributed by atoms with Crippen molar-refractivity contribution in [2.45, 2.75) is 20.4 Å². The van der Waals surface area contributed by atoms with Crippen molar-refractivity contribution >= 4 is 16.8 Å². The van der Waals surface area contributed by atoms with Gasteiger partial charge >= 0.3 is 0 Å². The van der Waals surface area contributed by atoms with Gasteiger partial charge in [-0.2, -0.15) is 9.61 Å². The molecular formula is C16H13FN6O. The van der Waals surface area contributed by atoms with Gasteiger partial charge in [-0.3, -0.25) is 9.36 Å². The summed E-state index contributed by atoms with van der Waals surface area (Å²) in [6.45, 7) is 4.18. The van der Waals surface area contributed by atoms with Gasteiger partial charge < -0.3 is 0 Å². The zero-order chi connectivity index (χ0) is 16.8. The van der Waals surface area contributed by atoms with E-state index in [0.717, 1.165) is 11.1 Å². The Kier molecular flexibility index (Phi) is 3.12. The van der Waals surface area contributed by atoms with Gasteiger partial charge in [0.2, 0.25) is 0 Å². The molecule has 0 radical (unpaired) electrons. The first kappa shape index (κ1) is 14.4. The topological polar surface area (TPSA) is 78.0 Å². The van der Waals surface area contributed by atoms with Crippen molar-refractivity contribution in [3.05, 3.63) is 52.5 Å². The van der Waals surface area contributed by atoms with Crippen molar-refractivity contribution in [3.63, 3.8) is 0 Å². The fourth-order valence-corrected chi connectivity index (χ4v) is 2.74. The highest BCUT2D eigenvalue weighted by Crippen LogP contribution is 2.27. The molecule has 0 atom stereocenters. The predicted octanol–water partition coefficient (Wildman–Crippen LogP) is 1.97. The van der Waals surface area contributed by atoms with Crippen molar-refractivity contribution in [3.8, 4) is 11.1 Å². The highest BCUT2D eigenvalue weighted by molar-refractivity contribution is 5.83. The number of aromatic nitrogens is 6. The van der Waals surface area contributed by atoms with Crippen molar-refractivity contribution in [2.24, 2.45) is 0 Å². The van der Waals surface area contributed by atoms with Gasteiger partial charge in [-0.05, 0) is 31.5 Å². The van der Waals surface area contributed by atoms with E-state index in [0.29, 0.717) is 23.5 Å². The summed E-state index contributed by atoms with van der Waals surface area (Å²) in [5.41, 5.74) is 2.96. The molecule has 0 aliphatic rings. The SMILES string of the molecule is CCn1cnc2c(nnc3c(-c4ccc(F)cc4)c(C)nn32)c1=O. The molecule has 120 valence electrons. The Bertz CT molecular complexity index is 1130. The average molecular weight is 324 g/mol. The standard InChI is InChI=1S/C16H13FN6O/c1-3-22-8-18-15-13(16(22)24)19-20-14-12(9(2)21-23(14)15)10-4-6-11(17)7-5-10/h4-8H,3H2,1-2H3. The minimum atomic E-state index is -0.314. The largest absolute Gasteiger partial charge is 0.297 e. The molecule has 0 spiro atoms. The molecule has 8 heteroatoms. The molecule has 24 heavy (non-hydrogen) atoms. The summed E-state index contributed by atoms with van der Waals surface area (Å²) in [6.07, 6.45) is 1.47. The lowest BCUT2D eigenvalue weighted by molar-refractivity contribution is 0.628. The number of fused-ring (bicyclic) bond motifs is 3. The second-order valence-corrected chi connectivity index (χ2v) is 5.41. The summed E-state index contributed by atoms with van der Waals surface area (Å²) in [5.74, 6) is -0.314. The predicted molar refractivity (Wildman–Crippen MR) is 86.1 cm³/mol. The number of hydrogen-bond donors (Lipinski definition) is 0. The van der Waals surface area contributed by atoms with E-state index in [9.17, 15) is 9.18 Å². The number of nitrogens with zero attached hydrogens (tertiary/aromatic N) is 6. The molecule has 4 rings (SSSR count). The Labute approximate surface area is 135 Å². The monoisotopic (exact) mass is 324 g/mol. The number of aryl methyl sites for hydroxylation is 2. The van der Waals surface area contributed by atoms with Crippen LogP contribution in [0.25, 0.3) is 27.9 Å². The molecule has 1 aromatic carbocycles. The van der Waals surface area contributed by atoms with Crippen LogP contribution in [0.15, 0.2) is 35.4 Å². The maximum atomic E-state index is 13.2. The Balaban J connectivity index is 2.06. The van der Waals surface area contributed by atoms with Gasteiger partial charge in [0, 0.05) is 6.54 Å². The number of hydrogen-bond acceptors (Lipinski definition) is 5. The van der Waals surface area contributed by atoms with Gasteiger partial charge in [-0.25, -0.2) is 9.37 Å². The quantitative estimate of drug-likeness (QED) is 0.563. The molecule has 0 aliphatic carbocycles. The van der Waals surface area contributed by atoms with Crippen LogP contribution in [0.4, 0.5) is 4.39 Å². The summed E-state index contributed by atoms with van der Waals surface area (Å²) in [6, 6.07) is 6.08. The third kappa shape index (κ3) is 1.99. The Morgan fingerprint density at radius 2 is 1.88 bits per heavy atom. The summed E-state index contributed by atoms with van der Waals surface area (Å²) < 4.78 is 16.1. The third-order valence-electron chi connectivity index (χ3n) is 3.95. The normalized spacial score (nSPS) is 11.5. The van der Waals surface area contributed by atoms with Gasteiger partial charge in [0.05, 0.1) is 11.3 Å². The van der Waals surface area contributed by atoms with Crippen LogP contribution in [-0.2, 0) is 6.54 Å². The van der Waals surface area contributed by atoms with E-state index in [4.69, 9.17) is 0 Å². The first-order chi connectivity index (χ1) is 11.6. The zero-order valence-electron chi connectivity index (χ0n) is 13.1. The maximum absolute atomic E-state index is 13.2. The molecule has 3 heterocycles. The molecule has 0 amide bonds. The Morgan fingerprint density at radius 3 is 2.58 bits per heavy atom. The molecule has 4 aromatic rings. The van der Waals surface area contributed by atoms with Gasteiger partial charge in [0.15, 0.2) is 16.8 Å². The lowest BCUT2D eigenvalue weighted by Gasteiger charge is -2.03. The van der Waals surface area contributed by atoms with Crippen LogP contribution < -0.4 is 5.56 Å². The molecule has 7 nitrogen and oxygen atoms in total. The first-order valence-electron chi connectivity index (χ1n) is 7.47. The minimum absolute atomic E-state index is 0.167. The van der Waals surface area contributed by atoms with E-state index in [1.807, 2.05) is 13.8 Å². The van der Waals surface area contributed by atoms with E-state index in [-0.39, 0.29) is 16.9 Å². The van der Waals surface area contributed by atoms with E-state index in [2.05, 4.69) is 20.3 Å². The second kappa shape index (κ2) is 5.19. The lowest BCUT2D eigenvalue weighted by atomic mass is 10.1. The molecule has 3 aromatic heterocycles. The van der Waals surface area contributed by atoms with Crippen molar-refractivity contribution in [2.75, 3.05) is 0 Å².